The number of aliphatic hydroxyl groups is 1. The first-order valence-corrected chi connectivity index (χ1v) is 12.4. The predicted molar refractivity (Wildman–Crippen MR) is 127 cm³/mol. The normalized spacial score (nSPS) is 12.2. The minimum absolute atomic E-state index is 0.0302. The van der Waals surface area contributed by atoms with Gasteiger partial charge in [0.15, 0.2) is 15.7 Å². The number of benzene rings is 3. The molecule has 1 N–H and O–H groups in total. The number of nitrogens with zero attached hydrogens (tertiary/aromatic N) is 2. The van der Waals surface area contributed by atoms with Crippen LogP contribution in [0.5, 0.6) is 0 Å². The molecule has 1 heterocycles. The van der Waals surface area contributed by atoms with E-state index in [-0.39, 0.29) is 22.0 Å². The predicted octanol–water partition coefficient (Wildman–Crippen LogP) is 5.42. The van der Waals surface area contributed by atoms with Gasteiger partial charge in [0.25, 0.3) is 0 Å². The van der Waals surface area contributed by atoms with Gasteiger partial charge in [-0.3, -0.25) is 4.57 Å². The van der Waals surface area contributed by atoms with E-state index in [1.807, 2.05) is 19.1 Å². The fraction of sp³-hybridized carbons (Fsp3) is 0.192. The molecule has 3 aromatic carbocycles. The second-order valence-corrected chi connectivity index (χ2v) is 10.8. The molecule has 0 aliphatic heterocycles. The van der Waals surface area contributed by atoms with E-state index in [1.54, 1.807) is 54.9 Å². The van der Waals surface area contributed by atoms with Crippen LogP contribution in [0.3, 0.4) is 0 Å². The summed E-state index contributed by atoms with van der Waals surface area (Å²) in [4.78, 5) is 4.59. The SMILES string of the molecule is Cc1cc(-c2cccc(S(C)(=O)=O)c2)ccc1-n1cc(C(C)(C)O)nc1-c1c(F)cccc1F. The first-order valence-electron chi connectivity index (χ1n) is 10.5. The van der Waals surface area contributed by atoms with Crippen molar-refractivity contribution in [3.8, 4) is 28.2 Å². The summed E-state index contributed by atoms with van der Waals surface area (Å²) in [6, 6.07) is 15.7. The second-order valence-electron chi connectivity index (χ2n) is 8.78. The quantitative estimate of drug-likeness (QED) is 0.412. The summed E-state index contributed by atoms with van der Waals surface area (Å²) in [5.74, 6) is -1.50. The third-order valence-corrected chi connectivity index (χ3v) is 6.68. The van der Waals surface area contributed by atoms with Crippen LogP contribution in [-0.4, -0.2) is 29.3 Å². The lowest BCUT2D eigenvalue weighted by molar-refractivity contribution is 0.0743. The summed E-state index contributed by atoms with van der Waals surface area (Å²) in [5, 5.41) is 10.5. The fourth-order valence-corrected chi connectivity index (χ4v) is 4.42. The number of hydrogen-bond acceptors (Lipinski definition) is 4. The number of rotatable bonds is 5. The summed E-state index contributed by atoms with van der Waals surface area (Å²) in [6.45, 7) is 4.93. The average molecular weight is 483 g/mol. The Morgan fingerprint density at radius 2 is 1.56 bits per heavy atom. The van der Waals surface area contributed by atoms with E-state index in [0.29, 0.717) is 5.69 Å². The summed E-state index contributed by atoms with van der Waals surface area (Å²) >= 11 is 0. The summed E-state index contributed by atoms with van der Waals surface area (Å²) in [7, 11) is -3.36. The molecule has 0 aliphatic rings. The Labute approximate surface area is 197 Å². The van der Waals surface area contributed by atoms with Crippen molar-refractivity contribution in [1.29, 1.82) is 0 Å². The molecule has 0 aliphatic carbocycles. The minimum atomic E-state index is -3.36. The number of aryl methyl sites for hydroxylation is 1. The smallest absolute Gasteiger partial charge is 0.175 e. The first-order chi connectivity index (χ1) is 15.9. The van der Waals surface area contributed by atoms with Crippen LogP contribution in [-0.2, 0) is 15.4 Å². The lowest BCUT2D eigenvalue weighted by Gasteiger charge is -2.14. The maximum atomic E-state index is 14.7. The Morgan fingerprint density at radius 1 is 0.941 bits per heavy atom. The van der Waals surface area contributed by atoms with Crippen molar-refractivity contribution in [2.45, 2.75) is 31.3 Å². The number of sulfone groups is 1. The van der Waals surface area contributed by atoms with Gasteiger partial charge in [-0.15, -0.1) is 0 Å². The van der Waals surface area contributed by atoms with E-state index < -0.39 is 27.1 Å². The minimum Gasteiger partial charge on any atom is -0.384 e. The fourth-order valence-electron chi connectivity index (χ4n) is 3.76. The molecule has 176 valence electrons. The van der Waals surface area contributed by atoms with Crippen molar-refractivity contribution in [1.82, 2.24) is 9.55 Å². The Kier molecular flexibility index (Phi) is 5.91. The van der Waals surface area contributed by atoms with Gasteiger partial charge in [0, 0.05) is 12.5 Å². The molecule has 34 heavy (non-hydrogen) atoms. The highest BCUT2D eigenvalue weighted by molar-refractivity contribution is 7.90. The monoisotopic (exact) mass is 482 g/mol. The van der Waals surface area contributed by atoms with Crippen molar-refractivity contribution in [2.75, 3.05) is 6.26 Å². The highest BCUT2D eigenvalue weighted by atomic mass is 32.2. The number of hydrogen-bond donors (Lipinski definition) is 1. The molecule has 0 fully saturated rings. The summed E-state index contributed by atoms with van der Waals surface area (Å²) < 4.78 is 54.7. The van der Waals surface area contributed by atoms with Crippen molar-refractivity contribution < 1.29 is 22.3 Å². The van der Waals surface area contributed by atoms with Crippen LogP contribution < -0.4 is 0 Å². The van der Waals surface area contributed by atoms with Crippen molar-refractivity contribution >= 4 is 9.84 Å². The van der Waals surface area contributed by atoms with Gasteiger partial charge in [0.2, 0.25) is 0 Å². The molecular formula is C26H24F2N2O3S. The van der Waals surface area contributed by atoms with Crippen molar-refractivity contribution in [3.63, 3.8) is 0 Å². The molecule has 1 aromatic heterocycles. The Hall–Kier alpha value is -3.36. The average Bonchev–Trinajstić information content (AvgIpc) is 3.18. The number of imidazole rings is 1. The Bertz CT molecular complexity index is 1480. The second kappa shape index (κ2) is 8.45. The third-order valence-electron chi connectivity index (χ3n) is 5.57. The molecule has 0 saturated carbocycles. The molecule has 0 unspecified atom stereocenters. The van der Waals surface area contributed by atoms with E-state index in [9.17, 15) is 22.3 Å². The highest BCUT2D eigenvalue weighted by Crippen LogP contribution is 2.33. The van der Waals surface area contributed by atoms with Gasteiger partial charge in [-0.05, 0) is 73.9 Å². The molecule has 0 bridgehead atoms. The van der Waals surface area contributed by atoms with E-state index in [0.717, 1.165) is 35.1 Å². The van der Waals surface area contributed by atoms with Crippen LogP contribution in [0.15, 0.2) is 71.8 Å². The molecule has 5 nitrogen and oxygen atoms in total. The van der Waals surface area contributed by atoms with Gasteiger partial charge >= 0.3 is 0 Å². The zero-order valence-corrected chi connectivity index (χ0v) is 20.0. The van der Waals surface area contributed by atoms with E-state index in [1.165, 1.54) is 6.07 Å². The zero-order chi connectivity index (χ0) is 24.8. The largest absolute Gasteiger partial charge is 0.384 e. The van der Waals surface area contributed by atoms with Crippen molar-refractivity contribution in [3.05, 3.63) is 89.8 Å². The van der Waals surface area contributed by atoms with Gasteiger partial charge in [0.05, 0.1) is 21.8 Å². The number of aromatic nitrogens is 2. The molecule has 4 rings (SSSR count). The van der Waals surface area contributed by atoms with E-state index in [2.05, 4.69) is 4.98 Å². The van der Waals surface area contributed by atoms with Crippen LogP contribution in [0.2, 0.25) is 0 Å². The molecule has 8 heteroatoms. The maximum Gasteiger partial charge on any atom is 0.175 e. The molecule has 0 radical (unpaired) electrons. The number of halogens is 2. The van der Waals surface area contributed by atoms with Crippen LogP contribution >= 0.6 is 0 Å². The third kappa shape index (κ3) is 4.51. The van der Waals surface area contributed by atoms with Crippen molar-refractivity contribution in [2.24, 2.45) is 0 Å². The molecule has 0 saturated heterocycles. The van der Waals surface area contributed by atoms with Crippen LogP contribution in [0.4, 0.5) is 8.78 Å². The van der Waals surface area contributed by atoms with Crippen LogP contribution in [0.25, 0.3) is 28.2 Å². The Balaban J connectivity index is 1.88. The lowest BCUT2D eigenvalue weighted by Crippen LogP contribution is -2.15. The van der Waals surface area contributed by atoms with E-state index >= 15 is 0 Å². The lowest BCUT2D eigenvalue weighted by atomic mass is 10.0. The molecule has 4 aromatic rings. The standard InChI is InChI=1S/C26H24F2N2O3S/c1-16-13-18(17-7-5-8-19(14-17)34(4,32)33)11-12-22(16)30-15-23(26(2,3)31)29-25(30)24-20(27)9-6-10-21(24)28/h5-15,31H,1-4H3. The maximum absolute atomic E-state index is 14.7. The summed E-state index contributed by atoms with van der Waals surface area (Å²) in [5.41, 5.74) is 1.52. The van der Waals surface area contributed by atoms with Gasteiger partial charge < -0.3 is 5.11 Å². The topological polar surface area (TPSA) is 72.2 Å². The summed E-state index contributed by atoms with van der Waals surface area (Å²) in [6.07, 6.45) is 2.72. The van der Waals surface area contributed by atoms with Gasteiger partial charge in [0.1, 0.15) is 17.2 Å². The van der Waals surface area contributed by atoms with Gasteiger partial charge in [-0.25, -0.2) is 22.2 Å². The van der Waals surface area contributed by atoms with Crippen LogP contribution in [0, 0.1) is 18.6 Å². The molecular weight excluding hydrogens is 458 g/mol. The zero-order valence-electron chi connectivity index (χ0n) is 19.2. The van der Waals surface area contributed by atoms with Gasteiger partial charge in [-0.1, -0.05) is 24.3 Å². The van der Waals surface area contributed by atoms with Crippen LogP contribution in [0.1, 0.15) is 25.1 Å². The Morgan fingerprint density at radius 3 is 2.15 bits per heavy atom. The van der Waals surface area contributed by atoms with E-state index in [4.69, 9.17) is 0 Å². The molecule has 0 spiro atoms. The highest BCUT2D eigenvalue weighted by Gasteiger charge is 2.26. The molecule has 0 amide bonds. The molecule has 0 atom stereocenters. The first kappa shape index (κ1) is 23.8. The van der Waals surface area contributed by atoms with Gasteiger partial charge in [-0.2, -0.15) is 0 Å².